The summed E-state index contributed by atoms with van der Waals surface area (Å²) < 4.78 is 0. The van der Waals surface area contributed by atoms with Crippen LogP contribution in [0.25, 0.3) is 0 Å². The molecular formula is C12H22O. The summed E-state index contributed by atoms with van der Waals surface area (Å²) in [5.41, 5.74) is 0. The Balaban J connectivity index is 3.10. The zero-order chi connectivity index (χ0) is 9.78. The van der Waals surface area contributed by atoms with Gasteiger partial charge in [0, 0.05) is 6.61 Å². The van der Waals surface area contributed by atoms with Crippen molar-refractivity contribution in [1.82, 2.24) is 0 Å². The van der Waals surface area contributed by atoms with Gasteiger partial charge in [-0.2, -0.15) is 0 Å². The minimum atomic E-state index is 0.306. The van der Waals surface area contributed by atoms with Gasteiger partial charge in [-0.05, 0) is 32.1 Å². The molecule has 0 fully saturated rings. The van der Waals surface area contributed by atoms with Gasteiger partial charge in [-0.1, -0.05) is 37.6 Å². The number of allylic oxidation sites excluding steroid dienone is 4. The van der Waals surface area contributed by atoms with Crippen LogP contribution >= 0.6 is 0 Å². The molecule has 13 heavy (non-hydrogen) atoms. The summed E-state index contributed by atoms with van der Waals surface area (Å²) in [6, 6.07) is 0. The number of hydrogen-bond donors (Lipinski definition) is 1. The maximum atomic E-state index is 8.52. The van der Waals surface area contributed by atoms with E-state index in [4.69, 9.17) is 5.11 Å². The lowest BCUT2D eigenvalue weighted by Gasteiger charge is -1.89. The lowest BCUT2D eigenvalue weighted by molar-refractivity contribution is 0.289. The van der Waals surface area contributed by atoms with Gasteiger partial charge in [0.15, 0.2) is 0 Å². The van der Waals surface area contributed by atoms with Gasteiger partial charge >= 0.3 is 0 Å². The average Bonchev–Trinajstić information content (AvgIpc) is 2.16. The molecule has 1 heteroatoms. The van der Waals surface area contributed by atoms with Gasteiger partial charge in [-0.3, -0.25) is 0 Å². The van der Waals surface area contributed by atoms with Crippen LogP contribution in [-0.4, -0.2) is 11.7 Å². The first-order valence-electron chi connectivity index (χ1n) is 5.32. The Morgan fingerprint density at radius 3 is 1.92 bits per heavy atom. The third-order valence-corrected chi connectivity index (χ3v) is 1.82. The van der Waals surface area contributed by atoms with Crippen LogP contribution in [0, 0.1) is 0 Å². The van der Waals surface area contributed by atoms with Crippen molar-refractivity contribution in [3.8, 4) is 0 Å². The number of aliphatic hydroxyl groups excluding tert-OH is 1. The molecule has 76 valence electrons. The molecule has 0 saturated carbocycles. The highest BCUT2D eigenvalue weighted by atomic mass is 16.2. The Bertz CT molecular complexity index is 136. The normalized spacial score (nSPS) is 11.8. The molecule has 0 aromatic carbocycles. The van der Waals surface area contributed by atoms with E-state index in [0.29, 0.717) is 6.61 Å². The van der Waals surface area contributed by atoms with Crippen molar-refractivity contribution in [2.24, 2.45) is 0 Å². The highest BCUT2D eigenvalue weighted by Crippen LogP contribution is 1.98. The number of rotatable bonds is 8. The first-order valence-corrected chi connectivity index (χ1v) is 5.32. The standard InChI is InChI=1S/C12H22O/c1-2-3-4-5-6-7-8-9-10-11-12-13/h4-5,8-9,13H,2-3,6-7,10-12H2,1H3/b5-4-,9-8-. The Labute approximate surface area is 82.2 Å². The third kappa shape index (κ3) is 11.4. The fourth-order valence-electron chi connectivity index (χ4n) is 1.04. The lowest BCUT2D eigenvalue weighted by Crippen LogP contribution is -1.78. The first-order chi connectivity index (χ1) is 6.41. The molecular weight excluding hydrogens is 160 g/mol. The second-order valence-electron chi connectivity index (χ2n) is 3.17. The van der Waals surface area contributed by atoms with Crippen LogP contribution in [0.3, 0.4) is 0 Å². The van der Waals surface area contributed by atoms with Crippen LogP contribution in [0.5, 0.6) is 0 Å². The Hall–Kier alpha value is -0.560. The summed E-state index contributed by atoms with van der Waals surface area (Å²) >= 11 is 0. The smallest absolute Gasteiger partial charge is 0.0433 e. The molecule has 0 unspecified atom stereocenters. The van der Waals surface area contributed by atoms with Crippen LogP contribution in [0.2, 0.25) is 0 Å². The molecule has 1 nitrogen and oxygen atoms in total. The largest absolute Gasteiger partial charge is 0.396 e. The molecule has 0 aromatic heterocycles. The van der Waals surface area contributed by atoms with Gasteiger partial charge in [0.05, 0.1) is 0 Å². The summed E-state index contributed by atoms with van der Waals surface area (Å²) in [5.74, 6) is 0. The van der Waals surface area contributed by atoms with Crippen molar-refractivity contribution in [1.29, 1.82) is 0 Å². The number of aliphatic hydroxyl groups is 1. The number of hydrogen-bond acceptors (Lipinski definition) is 1. The van der Waals surface area contributed by atoms with E-state index < -0.39 is 0 Å². The van der Waals surface area contributed by atoms with Crippen LogP contribution in [0.15, 0.2) is 24.3 Å². The minimum Gasteiger partial charge on any atom is -0.396 e. The maximum absolute atomic E-state index is 8.52. The maximum Gasteiger partial charge on any atom is 0.0433 e. The van der Waals surface area contributed by atoms with Crippen molar-refractivity contribution >= 4 is 0 Å². The van der Waals surface area contributed by atoms with Gasteiger partial charge in [-0.25, -0.2) is 0 Å². The Kier molecular flexibility index (Phi) is 10.9. The molecule has 0 amide bonds. The molecule has 0 aromatic rings. The number of unbranched alkanes of at least 4 members (excludes halogenated alkanes) is 3. The SMILES string of the molecule is CCC/C=C\CC/C=C\CCCO. The molecule has 0 aliphatic heterocycles. The van der Waals surface area contributed by atoms with E-state index in [1.165, 1.54) is 12.8 Å². The van der Waals surface area contributed by atoms with Crippen LogP contribution < -0.4 is 0 Å². The Morgan fingerprint density at radius 2 is 1.38 bits per heavy atom. The summed E-state index contributed by atoms with van der Waals surface area (Å²) in [7, 11) is 0. The van der Waals surface area contributed by atoms with Crippen molar-refractivity contribution in [2.45, 2.75) is 45.4 Å². The van der Waals surface area contributed by atoms with Gasteiger partial charge in [0.2, 0.25) is 0 Å². The fraction of sp³-hybridized carbons (Fsp3) is 0.667. The third-order valence-electron chi connectivity index (χ3n) is 1.82. The summed E-state index contributed by atoms with van der Waals surface area (Å²) in [6.45, 7) is 2.50. The van der Waals surface area contributed by atoms with E-state index in [2.05, 4.69) is 31.2 Å². The molecule has 0 spiro atoms. The van der Waals surface area contributed by atoms with E-state index in [1.807, 2.05) is 0 Å². The van der Waals surface area contributed by atoms with E-state index >= 15 is 0 Å². The molecule has 0 aliphatic rings. The summed E-state index contributed by atoms with van der Waals surface area (Å²) in [5, 5.41) is 8.52. The zero-order valence-electron chi connectivity index (χ0n) is 8.71. The molecule has 0 aliphatic carbocycles. The van der Waals surface area contributed by atoms with Crippen LogP contribution in [0.4, 0.5) is 0 Å². The Morgan fingerprint density at radius 1 is 0.846 bits per heavy atom. The second kappa shape index (κ2) is 11.4. The van der Waals surface area contributed by atoms with E-state index in [1.54, 1.807) is 0 Å². The van der Waals surface area contributed by atoms with Crippen molar-refractivity contribution < 1.29 is 5.11 Å². The predicted octanol–water partition coefficient (Wildman–Crippen LogP) is 3.45. The van der Waals surface area contributed by atoms with E-state index in [-0.39, 0.29) is 0 Å². The molecule has 0 rings (SSSR count). The summed E-state index contributed by atoms with van der Waals surface area (Å²) in [6.07, 6.45) is 15.5. The highest BCUT2D eigenvalue weighted by molar-refractivity contribution is 4.87. The quantitative estimate of drug-likeness (QED) is 0.450. The highest BCUT2D eigenvalue weighted by Gasteiger charge is 1.79. The molecule has 0 heterocycles. The minimum absolute atomic E-state index is 0.306. The van der Waals surface area contributed by atoms with E-state index in [0.717, 1.165) is 25.7 Å². The van der Waals surface area contributed by atoms with Gasteiger partial charge < -0.3 is 5.11 Å². The molecule has 1 N–H and O–H groups in total. The van der Waals surface area contributed by atoms with Crippen LogP contribution in [0.1, 0.15) is 45.4 Å². The predicted molar refractivity (Wildman–Crippen MR) is 58.7 cm³/mol. The summed E-state index contributed by atoms with van der Waals surface area (Å²) in [4.78, 5) is 0. The van der Waals surface area contributed by atoms with Gasteiger partial charge in [-0.15, -0.1) is 0 Å². The average molecular weight is 182 g/mol. The second-order valence-corrected chi connectivity index (χ2v) is 3.17. The molecule has 0 saturated heterocycles. The van der Waals surface area contributed by atoms with Gasteiger partial charge in [0.1, 0.15) is 0 Å². The van der Waals surface area contributed by atoms with Crippen molar-refractivity contribution in [3.05, 3.63) is 24.3 Å². The molecule has 0 radical (unpaired) electrons. The van der Waals surface area contributed by atoms with Crippen LogP contribution in [-0.2, 0) is 0 Å². The topological polar surface area (TPSA) is 20.2 Å². The van der Waals surface area contributed by atoms with Gasteiger partial charge in [0.25, 0.3) is 0 Å². The van der Waals surface area contributed by atoms with Crippen molar-refractivity contribution in [3.63, 3.8) is 0 Å². The molecule has 0 atom stereocenters. The van der Waals surface area contributed by atoms with E-state index in [9.17, 15) is 0 Å². The van der Waals surface area contributed by atoms with Crippen molar-refractivity contribution in [2.75, 3.05) is 6.61 Å². The monoisotopic (exact) mass is 182 g/mol. The zero-order valence-corrected chi connectivity index (χ0v) is 8.71. The first kappa shape index (κ1) is 12.4. The molecule has 0 bridgehead atoms. The fourth-order valence-corrected chi connectivity index (χ4v) is 1.04. The lowest BCUT2D eigenvalue weighted by atomic mass is 10.2.